The summed E-state index contributed by atoms with van der Waals surface area (Å²) < 4.78 is 0. The first-order valence-corrected chi connectivity index (χ1v) is 8.40. The molecule has 1 aliphatic heterocycles. The van der Waals surface area contributed by atoms with Crippen LogP contribution in [0, 0.1) is 5.92 Å². The number of hydrogen-bond donors (Lipinski definition) is 2. The molecule has 24 heavy (non-hydrogen) atoms. The Labute approximate surface area is 140 Å². The van der Waals surface area contributed by atoms with E-state index in [1.165, 1.54) is 0 Å². The SMILES string of the molecule is CCc1ccccc1N1CC(C(=O)NC2(C(=O)O)CCC2)CC1=O. The second kappa shape index (κ2) is 6.26. The highest BCUT2D eigenvalue weighted by Gasteiger charge is 2.47. The van der Waals surface area contributed by atoms with Gasteiger partial charge < -0.3 is 15.3 Å². The second-order valence-electron chi connectivity index (χ2n) is 6.62. The first-order chi connectivity index (χ1) is 11.5. The number of amides is 2. The van der Waals surface area contributed by atoms with Crippen LogP contribution in [0.5, 0.6) is 0 Å². The fraction of sp³-hybridized carbons (Fsp3) is 0.500. The topological polar surface area (TPSA) is 86.7 Å². The van der Waals surface area contributed by atoms with Gasteiger partial charge in [0.25, 0.3) is 0 Å². The predicted octanol–water partition coefficient (Wildman–Crippen LogP) is 1.73. The maximum Gasteiger partial charge on any atom is 0.329 e. The summed E-state index contributed by atoms with van der Waals surface area (Å²) >= 11 is 0. The van der Waals surface area contributed by atoms with E-state index in [1.54, 1.807) is 4.90 Å². The third-order valence-corrected chi connectivity index (χ3v) is 5.14. The monoisotopic (exact) mass is 330 g/mol. The zero-order chi connectivity index (χ0) is 17.3. The number of aryl methyl sites for hydroxylation is 1. The summed E-state index contributed by atoms with van der Waals surface area (Å²) in [6.45, 7) is 2.33. The van der Waals surface area contributed by atoms with Crippen LogP contribution in [-0.2, 0) is 20.8 Å². The van der Waals surface area contributed by atoms with Crippen molar-refractivity contribution in [3.8, 4) is 0 Å². The van der Waals surface area contributed by atoms with Crippen LogP contribution in [0.25, 0.3) is 0 Å². The van der Waals surface area contributed by atoms with Gasteiger partial charge in [-0.3, -0.25) is 9.59 Å². The Kier molecular flexibility index (Phi) is 4.30. The first-order valence-electron chi connectivity index (χ1n) is 8.40. The molecular weight excluding hydrogens is 308 g/mol. The van der Waals surface area contributed by atoms with Crippen LogP contribution >= 0.6 is 0 Å². The lowest BCUT2D eigenvalue weighted by molar-refractivity contribution is -0.152. The van der Waals surface area contributed by atoms with Crippen LogP contribution in [0.3, 0.4) is 0 Å². The van der Waals surface area contributed by atoms with Gasteiger partial charge in [0.1, 0.15) is 5.54 Å². The Morgan fingerprint density at radius 1 is 1.33 bits per heavy atom. The smallest absolute Gasteiger partial charge is 0.329 e. The third-order valence-electron chi connectivity index (χ3n) is 5.14. The molecule has 2 N–H and O–H groups in total. The lowest BCUT2D eigenvalue weighted by atomic mass is 9.76. The van der Waals surface area contributed by atoms with Gasteiger partial charge in [0.2, 0.25) is 11.8 Å². The standard InChI is InChI=1S/C18H22N2O4/c1-2-12-6-3-4-7-14(12)20-11-13(10-15(20)21)16(22)19-18(17(23)24)8-5-9-18/h3-4,6-7,13H,2,5,8-11H2,1H3,(H,19,22)(H,23,24). The van der Waals surface area contributed by atoms with Crippen molar-refractivity contribution in [1.82, 2.24) is 5.32 Å². The summed E-state index contributed by atoms with van der Waals surface area (Å²) in [6.07, 6.45) is 2.64. The Balaban J connectivity index is 1.73. The number of carbonyl (C=O) groups excluding carboxylic acids is 2. The van der Waals surface area contributed by atoms with Gasteiger partial charge in [-0.05, 0) is 37.3 Å². The summed E-state index contributed by atoms with van der Waals surface area (Å²) in [4.78, 5) is 37.9. The number of rotatable bonds is 5. The van der Waals surface area contributed by atoms with Crippen molar-refractivity contribution >= 4 is 23.5 Å². The van der Waals surface area contributed by atoms with Crippen molar-refractivity contribution in [1.29, 1.82) is 0 Å². The number of para-hydroxylation sites is 1. The molecule has 1 aliphatic carbocycles. The van der Waals surface area contributed by atoms with Crippen LogP contribution in [0.2, 0.25) is 0 Å². The van der Waals surface area contributed by atoms with Crippen molar-refractivity contribution in [3.05, 3.63) is 29.8 Å². The molecular formula is C18H22N2O4. The van der Waals surface area contributed by atoms with Crippen molar-refractivity contribution in [2.45, 2.75) is 44.6 Å². The predicted molar refractivity (Wildman–Crippen MR) is 88.6 cm³/mol. The van der Waals surface area contributed by atoms with E-state index in [1.807, 2.05) is 31.2 Å². The normalized spacial score (nSPS) is 22.1. The molecule has 1 saturated heterocycles. The van der Waals surface area contributed by atoms with Crippen molar-refractivity contribution in [2.24, 2.45) is 5.92 Å². The molecule has 3 rings (SSSR count). The van der Waals surface area contributed by atoms with E-state index in [-0.39, 0.29) is 18.2 Å². The van der Waals surface area contributed by atoms with Crippen LogP contribution in [-0.4, -0.2) is 35.0 Å². The molecule has 128 valence electrons. The minimum absolute atomic E-state index is 0.0889. The molecule has 1 aromatic carbocycles. The zero-order valence-electron chi connectivity index (χ0n) is 13.7. The van der Waals surface area contributed by atoms with Gasteiger partial charge in [-0.15, -0.1) is 0 Å². The number of nitrogens with one attached hydrogen (secondary N) is 1. The van der Waals surface area contributed by atoms with E-state index in [4.69, 9.17) is 0 Å². The van der Waals surface area contributed by atoms with Gasteiger partial charge in [-0.2, -0.15) is 0 Å². The lowest BCUT2D eigenvalue weighted by Gasteiger charge is -2.38. The van der Waals surface area contributed by atoms with E-state index < -0.39 is 17.4 Å². The van der Waals surface area contributed by atoms with E-state index in [9.17, 15) is 19.5 Å². The highest BCUT2D eigenvalue weighted by Crippen LogP contribution is 2.34. The maximum absolute atomic E-state index is 12.5. The highest BCUT2D eigenvalue weighted by atomic mass is 16.4. The molecule has 0 aromatic heterocycles. The number of carbonyl (C=O) groups is 3. The quantitative estimate of drug-likeness (QED) is 0.861. The van der Waals surface area contributed by atoms with Crippen molar-refractivity contribution < 1.29 is 19.5 Å². The van der Waals surface area contributed by atoms with E-state index in [2.05, 4.69) is 5.32 Å². The zero-order valence-corrected chi connectivity index (χ0v) is 13.7. The lowest BCUT2D eigenvalue weighted by Crippen LogP contribution is -2.60. The van der Waals surface area contributed by atoms with Crippen molar-refractivity contribution in [2.75, 3.05) is 11.4 Å². The Morgan fingerprint density at radius 3 is 2.62 bits per heavy atom. The van der Waals surface area contributed by atoms with Crippen LogP contribution in [0.15, 0.2) is 24.3 Å². The van der Waals surface area contributed by atoms with Gasteiger partial charge in [0.05, 0.1) is 5.92 Å². The molecule has 1 unspecified atom stereocenters. The largest absolute Gasteiger partial charge is 0.480 e. The van der Waals surface area contributed by atoms with Gasteiger partial charge in [-0.1, -0.05) is 25.1 Å². The minimum Gasteiger partial charge on any atom is -0.480 e. The molecule has 1 saturated carbocycles. The molecule has 1 aromatic rings. The molecule has 2 amide bonds. The Bertz CT molecular complexity index is 681. The number of nitrogens with zero attached hydrogens (tertiary/aromatic N) is 1. The van der Waals surface area contributed by atoms with Crippen molar-refractivity contribution in [3.63, 3.8) is 0 Å². The Morgan fingerprint density at radius 2 is 2.04 bits per heavy atom. The summed E-state index contributed by atoms with van der Waals surface area (Å²) in [5.41, 5.74) is 0.777. The summed E-state index contributed by atoms with van der Waals surface area (Å²) in [5, 5.41) is 12.0. The molecule has 6 heteroatoms. The van der Waals surface area contributed by atoms with Crippen LogP contribution in [0.4, 0.5) is 5.69 Å². The van der Waals surface area contributed by atoms with Crippen LogP contribution < -0.4 is 10.2 Å². The molecule has 2 aliphatic rings. The minimum atomic E-state index is -1.13. The fourth-order valence-electron chi connectivity index (χ4n) is 3.45. The average Bonchev–Trinajstić information content (AvgIpc) is 2.92. The Hall–Kier alpha value is -2.37. The van der Waals surface area contributed by atoms with Gasteiger partial charge in [0.15, 0.2) is 0 Å². The molecule has 0 bridgehead atoms. The highest BCUT2D eigenvalue weighted by molar-refractivity contribution is 6.01. The van der Waals surface area contributed by atoms with Gasteiger partial charge in [0, 0.05) is 18.7 Å². The molecule has 2 fully saturated rings. The van der Waals surface area contributed by atoms with Gasteiger partial charge in [-0.25, -0.2) is 4.79 Å². The van der Waals surface area contributed by atoms with E-state index in [0.717, 1.165) is 24.1 Å². The summed E-state index contributed by atoms with van der Waals surface area (Å²) in [7, 11) is 0. The molecule has 0 radical (unpaired) electrons. The number of hydrogen-bond acceptors (Lipinski definition) is 3. The van der Waals surface area contributed by atoms with E-state index >= 15 is 0 Å². The van der Waals surface area contributed by atoms with Gasteiger partial charge >= 0.3 is 5.97 Å². The summed E-state index contributed by atoms with van der Waals surface area (Å²) in [6, 6.07) is 7.68. The second-order valence-corrected chi connectivity index (χ2v) is 6.62. The number of carboxylic acids is 1. The number of carboxylic acid groups (broad SMARTS) is 1. The molecule has 0 spiro atoms. The number of aliphatic carboxylic acids is 1. The fourth-order valence-corrected chi connectivity index (χ4v) is 3.45. The summed E-state index contributed by atoms with van der Waals surface area (Å²) in [5.74, 6) is -1.91. The number of benzene rings is 1. The first kappa shape index (κ1) is 16.5. The van der Waals surface area contributed by atoms with Crippen LogP contribution in [0.1, 0.15) is 38.2 Å². The number of anilines is 1. The third kappa shape index (κ3) is 2.77. The van der Waals surface area contributed by atoms with E-state index in [0.29, 0.717) is 19.4 Å². The average molecular weight is 330 g/mol. The maximum atomic E-state index is 12.5. The molecule has 1 atom stereocenters. The molecule has 6 nitrogen and oxygen atoms in total. The molecule has 1 heterocycles.